The molecule has 14 heavy (non-hydrogen) atoms. The van der Waals surface area contributed by atoms with Crippen LogP contribution in [0.3, 0.4) is 0 Å². The van der Waals surface area contributed by atoms with Crippen molar-refractivity contribution in [2.75, 3.05) is 26.7 Å². The quantitative estimate of drug-likeness (QED) is 0.749. The number of rotatable bonds is 4. The second-order valence-electron chi connectivity index (χ2n) is 5.01. The van der Waals surface area contributed by atoms with Crippen LogP contribution in [0, 0.1) is 11.3 Å². The van der Waals surface area contributed by atoms with Crippen molar-refractivity contribution in [3.05, 3.63) is 0 Å². The van der Waals surface area contributed by atoms with Gasteiger partial charge >= 0.3 is 0 Å². The summed E-state index contributed by atoms with van der Waals surface area (Å²) in [6.07, 6.45) is 5.20. The van der Waals surface area contributed by atoms with E-state index in [4.69, 9.17) is 5.73 Å². The molecular formula is C12H26N2. The molecule has 0 saturated carbocycles. The lowest BCUT2D eigenvalue weighted by Gasteiger charge is -2.45. The molecule has 2 nitrogen and oxygen atoms in total. The van der Waals surface area contributed by atoms with Crippen LogP contribution in [0.5, 0.6) is 0 Å². The van der Waals surface area contributed by atoms with Crippen molar-refractivity contribution >= 4 is 0 Å². The minimum Gasteiger partial charge on any atom is -0.330 e. The fourth-order valence-corrected chi connectivity index (χ4v) is 2.77. The molecule has 1 saturated heterocycles. The maximum atomic E-state index is 5.76. The summed E-state index contributed by atoms with van der Waals surface area (Å²) in [6.45, 7) is 8.07. The molecule has 1 heterocycles. The predicted molar refractivity (Wildman–Crippen MR) is 62.3 cm³/mol. The van der Waals surface area contributed by atoms with Crippen molar-refractivity contribution in [3.8, 4) is 0 Å². The molecular weight excluding hydrogens is 172 g/mol. The van der Waals surface area contributed by atoms with Crippen molar-refractivity contribution in [3.63, 3.8) is 0 Å². The van der Waals surface area contributed by atoms with Gasteiger partial charge < -0.3 is 10.6 Å². The van der Waals surface area contributed by atoms with E-state index in [9.17, 15) is 0 Å². The molecule has 2 N–H and O–H groups in total. The predicted octanol–water partition coefficient (Wildman–Crippen LogP) is 2.09. The maximum absolute atomic E-state index is 5.76. The molecule has 84 valence electrons. The topological polar surface area (TPSA) is 29.3 Å². The zero-order valence-corrected chi connectivity index (χ0v) is 10.1. The normalized spacial score (nSPS) is 24.9. The average molecular weight is 198 g/mol. The maximum Gasteiger partial charge on any atom is -0.00164 e. The highest BCUT2D eigenvalue weighted by Crippen LogP contribution is 2.42. The number of nitrogens with two attached hydrogens (primary N) is 1. The second-order valence-corrected chi connectivity index (χ2v) is 5.01. The molecule has 0 aliphatic carbocycles. The fraction of sp³-hybridized carbons (Fsp3) is 1.00. The van der Waals surface area contributed by atoms with E-state index < -0.39 is 0 Å². The van der Waals surface area contributed by atoms with Crippen LogP contribution in [0.2, 0.25) is 0 Å². The summed E-state index contributed by atoms with van der Waals surface area (Å²) in [7, 11) is 2.23. The number of nitrogens with zero attached hydrogens (tertiary/aromatic N) is 1. The van der Waals surface area contributed by atoms with Crippen molar-refractivity contribution in [1.29, 1.82) is 0 Å². The highest BCUT2D eigenvalue weighted by Gasteiger charge is 2.36. The lowest BCUT2D eigenvalue weighted by Crippen LogP contribution is -2.42. The Hall–Kier alpha value is -0.0800. The van der Waals surface area contributed by atoms with Crippen molar-refractivity contribution in [2.24, 2.45) is 17.1 Å². The van der Waals surface area contributed by atoms with E-state index in [0.29, 0.717) is 5.41 Å². The minimum absolute atomic E-state index is 0.552. The Bertz CT molecular complexity index is 160. The Morgan fingerprint density at radius 2 is 1.93 bits per heavy atom. The van der Waals surface area contributed by atoms with Crippen LogP contribution >= 0.6 is 0 Å². The van der Waals surface area contributed by atoms with E-state index in [1.807, 2.05) is 0 Å². The van der Waals surface area contributed by atoms with E-state index in [-0.39, 0.29) is 0 Å². The number of hydrogen-bond acceptors (Lipinski definition) is 2. The first-order chi connectivity index (χ1) is 6.64. The summed E-state index contributed by atoms with van der Waals surface area (Å²) >= 11 is 0. The van der Waals surface area contributed by atoms with Gasteiger partial charge in [-0.1, -0.05) is 20.3 Å². The zero-order chi connectivity index (χ0) is 10.6. The molecule has 0 amide bonds. The second kappa shape index (κ2) is 5.13. The molecule has 2 heteroatoms. The van der Waals surface area contributed by atoms with E-state index in [1.54, 1.807) is 0 Å². The third-order valence-electron chi connectivity index (χ3n) is 4.28. The van der Waals surface area contributed by atoms with Gasteiger partial charge in [0, 0.05) is 0 Å². The van der Waals surface area contributed by atoms with Gasteiger partial charge in [-0.25, -0.2) is 0 Å². The Labute approximate surface area is 88.8 Å². The number of likely N-dealkylation sites (tertiary alicyclic amines) is 1. The monoisotopic (exact) mass is 198 g/mol. The Kier molecular flexibility index (Phi) is 4.39. The van der Waals surface area contributed by atoms with Gasteiger partial charge in [0.25, 0.3) is 0 Å². The molecule has 0 aromatic heterocycles. The van der Waals surface area contributed by atoms with Gasteiger partial charge in [-0.15, -0.1) is 0 Å². The largest absolute Gasteiger partial charge is 0.330 e. The van der Waals surface area contributed by atoms with Crippen LogP contribution in [0.1, 0.15) is 39.5 Å². The van der Waals surface area contributed by atoms with Crippen LogP contribution in [0.25, 0.3) is 0 Å². The van der Waals surface area contributed by atoms with Gasteiger partial charge in [-0.05, 0) is 57.3 Å². The molecule has 1 aliphatic rings. The standard InChI is InChI=1S/C12H26N2/c1-4-11(2)12(5-8-13)6-9-14(3)10-7-12/h11H,4-10,13H2,1-3H3. The van der Waals surface area contributed by atoms with Crippen LogP contribution in [-0.4, -0.2) is 31.6 Å². The third kappa shape index (κ3) is 2.48. The van der Waals surface area contributed by atoms with E-state index in [1.165, 1.54) is 38.8 Å². The van der Waals surface area contributed by atoms with Gasteiger partial charge in [-0.2, -0.15) is 0 Å². The van der Waals surface area contributed by atoms with Crippen LogP contribution in [0.4, 0.5) is 0 Å². The van der Waals surface area contributed by atoms with Gasteiger partial charge in [0.15, 0.2) is 0 Å². The van der Waals surface area contributed by atoms with Gasteiger partial charge in [-0.3, -0.25) is 0 Å². The third-order valence-corrected chi connectivity index (χ3v) is 4.28. The van der Waals surface area contributed by atoms with E-state index in [2.05, 4.69) is 25.8 Å². The molecule has 0 aromatic rings. The summed E-state index contributed by atoms with van der Waals surface area (Å²) in [5.74, 6) is 0.833. The highest BCUT2D eigenvalue weighted by atomic mass is 15.1. The molecule has 1 rings (SSSR count). The van der Waals surface area contributed by atoms with Gasteiger partial charge in [0.05, 0.1) is 0 Å². The first-order valence-electron chi connectivity index (χ1n) is 6.03. The summed E-state index contributed by atoms with van der Waals surface area (Å²) in [5, 5.41) is 0. The summed E-state index contributed by atoms with van der Waals surface area (Å²) in [5.41, 5.74) is 6.31. The van der Waals surface area contributed by atoms with Crippen LogP contribution in [-0.2, 0) is 0 Å². The molecule has 0 bridgehead atoms. The zero-order valence-electron chi connectivity index (χ0n) is 10.1. The summed E-state index contributed by atoms with van der Waals surface area (Å²) < 4.78 is 0. The molecule has 1 fully saturated rings. The smallest absolute Gasteiger partial charge is 0.00164 e. The van der Waals surface area contributed by atoms with Crippen molar-refractivity contribution in [2.45, 2.75) is 39.5 Å². The van der Waals surface area contributed by atoms with E-state index >= 15 is 0 Å². The Morgan fingerprint density at radius 1 is 1.36 bits per heavy atom. The molecule has 1 aliphatic heterocycles. The Balaban J connectivity index is 2.62. The van der Waals surface area contributed by atoms with Crippen LogP contribution < -0.4 is 5.73 Å². The first-order valence-corrected chi connectivity index (χ1v) is 6.03. The highest BCUT2D eigenvalue weighted by molar-refractivity contribution is 4.88. The SMILES string of the molecule is CCC(C)C1(CCN)CCN(C)CC1. The number of piperidine rings is 1. The minimum atomic E-state index is 0.552. The van der Waals surface area contributed by atoms with Crippen LogP contribution in [0.15, 0.2) is 0 Å². The van der Waals surface area contributed by atoms with Gasteiger partial charge in [0.1, 0.15) is 0 Å². The lowest BCUT2D eigenvalue weighted by atomic mass is 9.66. The first kappa shape index (κ1) is 12.0. The molecule has 1 atom stereocenters. The fourth-order valence-electron chi connectivity index (χ4n) is 2.77. The number of hydrogen-bond donors (Lipinski definition) is 1. The Morgan fingerprint density at radius 3 is 2.36 bits per heavy atom. The summed E-state index contributed by atoms with van der Waals surface area (Å²) in [4.78, 5) is 2.44. The van der Waals surface area contributed by atoms with Gasteiger partial charge in [0.2, 0.25) is 0 Å². The van der Waals surface area contributed by atoms with E-state index in [0.717, 1.165) is 12.5 Å². The molecule has 0 radical (unpaired) electrons. The lowest BCUT2D eigenvalue weighted by molar-refractivity contribution is 0.0575. The molecule has 1 unspecified atom stereocenters. The van der Waals surface area contributed by atoms with Crippen molar-refractivity contribution < 1.29 is 0 Å². The average Bonchev–Trinajstić information content (AvgIpc) is 2.21. The summed E-state index contributed by atoms with van der Waals surface area (Å²) in [6, 6.07) is 0. The van der Waals surface area contributed by atoms with Crippen molar-refractivity contribution in [1.82, 2.24) is 4.90 Å². The molecule has 0 aromatic carbocycles. The molecule has 0 spiro atoms.